The van der Waals surface area contributed by atoms with Crippen LogP contribution in [0.2, 0.25) is 0 Å². The first kappa shape index (κ1) is 20.3. The van der Waals surface area contributed by atoms with Gasteiger partial charge in [0.05, 0.1) is 16.6 Å². The van der Waals surface area contributed by atoms with Crippen molar-refractivity contribution in [2.45, 2.75) is 32.2 Å². The number of benzene rings is 2. The lowest BCUT2D eigenvalue weighted by Crippen LogP contribution is -2.30. The van der Waals surface area contributed by atoms with Gasteiger partial charge in [-0.15, -0.1) is 0 Å². The predicted molar refractivity (Wildman–Crippen MR) is 98.0 cm³/mol. The van der Waals surface area contributed by atoms with Gasteiger partial charge in [0, 0.05) is 12.1 Å². The molecule has 0 heterocycles. The summed E-state index contributed by atoms with van der Waals surface area (Å²) in [7, 11) is 0. The molecule has 0 bridgehead atoms. The molecule has 2 unspecified atom stereocenters. The Morgan fingerprint density at radius 3 is 2.56 bits per heavy atom. The monoisotopic (exact) mass is 374 g/mol. The van der Waals surface area contributed by atoms with Crippen LogP contribution >= 0.6 is 0 Å². The number of hydrogen-bond acceptors (Lipinski definition) is 6. The maximum absolute atomic E-state index is 11.7. The van der Waals surface area contributed by atoms with Gasteiger partial charge in [-0.25, -0.2) is 4.79 Å². The van der Waals surface area contributed by atoms with Gasteiger partial charge in [-0.1, -0.05) is 42.5 Å². The van der Waals surface area contributed by atoms with Crippen LogP contribution in [0, 0.1) is 17.0 Å². The van der Waals surface area contributed by atoms with Crippen molar-refractivity contribution in [3.63, 3.8) is 0 Å². The van der Waals surface area contributed by atoms with E-state index in [1.54, 1.807) is 19.1 Å². The second-order valence-electron chi connectivity index (χ2n) is 6.06. The minimum Gasteiger partial charge on any atom is -0.445 e. The van der Waals surface area contributed by atoms with E-state index < -0.39 is 23.2 Å². The van der Waals surface area contributed by atoms with E-state index in [9.17, 15) is 25.1 Å². The van der Waals surface area contributed by atoms with Gasteiger partial charge >= 0.3 is 6.09 Å². The van der Waals surface area contributed by atoms with Crippen molar-refractivity contribution in [3.05, 3.63) is 75.3 Å². The van der Waals surface area contributed by atoms with Crippen LogP contribution in [0.4, 0.5) is 10.5 Å². The molecule has 0 aliphatic rings. The van der Waals surface area contributed by atoms with Crippen LogP contribution in [0.25, 0.3) is 0 Å². The van der Waals surface area contributed by atoms with Crippen molar-refractivity contribution in [2.24, 2.45) is 0 Å². The number of ether oxygens (including phenoxy) is 1. The molecule has 0 fully saturated rings. The average molecular weight is 374 g/mol. The standard InChI is InChI=1S/C19H22N2O6/c1-13-6-5-9-15(17(13)21(25)26)18(23)16(22)10-11-20-19(24)27-12-14-7-3-2-4-8-14/h2-9,16,18,22-23H,10-12H2,1H3,(H,20,24). The van der Waals surface area contributed by atoms with Gasteiger partial charge in [-0.3, -0.25) is 10.1 Å². The molecule has 2 atom stereocenters. The van der Waals surface area contributed by atoms with Gasteiger partial charge in [0.15, 0.2) is 0 Å². The minimum atomic E-state index is -1.44. The summed E-state index contributed by atoms with van der Waals surface area (Å²) in [5.41, 5.74) is 1.06. The van der Waals surface area contributed by atoms with Crippen LogP contribution in [0.5, 0.6) is 0 Å². The number of rotatable bonds is 8. The van der Waals surface area contributed by atoms with Gasteiger partial charge in [0.1, 0.15) is 12.7 Å². The van der Waals surface area contributed by atoms with E-state index in [1.807, 2.05) is 30.3 Å². The lowest BCUT2D eigenvalue weighted by molar-refractivity contribution is -0.386. The number of carbonyl (C=O) groups is 1. The number of carbonyl (C=O) groups excluding carboxylic acids is 1. The van der Waals surface area contributed by atoms with Gasteiger partial charge < -0.3 is 20.3 Å². The molecule has 0 spiro atoms. The number of aliphatic hydroxyl groups is 2. The second-order valence-corrected chi connectivity index (χ2v) is 6.06. The number of hydrogen-bond donors (Lipinski definition) is 3. The molecule has 0 aliphatic heterocycles. The quantitative estimate of drug-likeness (QED) is 0.482. The molecule has 0 radical (unpaired) electrons. The number of nitrogens with one attached hydrogen (secondary N) is 1. The van der Waals surface area contributed by atoms with Gasteiger partial charge in [-0.2, -0.15) is 0 Å². The van der Waals surface area contributed by atoms with Crippen molar-refractivity contribution in [2.75, 3.05) is 6.54 Å². The van der Waals surface area contributed by atoms with Crippen molar-refractivity contribution in [1.29, 1.82) is 0 Å². The fourth-order valence-electron chi connectivity index (χ4n) is 2.63. The predicted octanol–water partition coefficient (Wildman–Crippen LogP) is 2.61. The molecule has 8 heteroatoms. The topological polar surface area (TPSA) is 122 Å². The van der Waals surface area contributed by atoms with E-state index in [-0.39, 0.29) is 30.8 Å². The van der Waals surface area contributed by atoms with E-state index in [0.717, 1.165) is 5.56 Å². The zero-order valence-electron chi connectivity index (χ0n) is 14.9. The number of para-hydroxylation sites is 1. The van der Waals surface area contributed by atoms with E-state index >= 15 is 0 Å². The normalized spacial score (nSPS) is 12.9. The maximum atomic E-state index is 11.7. The third-order valence-corrected chi connectivity index (χ3v) is 4.06. The van der Waals surface area contributed by atoms with Crippen LogP contribution in [-0.4, -0.2) is 33.9 Å². The van der Waals surface area contributed by atoms with Crippen LogP contribution < -0.4 is 5.32 Å². The molecule has 2 rings (SSSR count). The zero-order valence-corrected chi connectivity index (χ0v) is 14.9. The highest BCUT2D eigenvalue weighted by Crippen LogP contribution is 2.30. The highest BCUT2D eigenvalue weighted by molar-refractivity contribution is 5.67. The molecule has 0 aromatic heterocycles. The van der Waals surface area contributed by atoms with Crippen molar-refractivity contribution >= 4 is 11.8 Å². The Hall–Kier alpha value is -2.97. The van der Waals surface area contributed by atoms with Gasteiger partial charge in [-0.05, 0) is 25.0 Å². The Morgan fingerprint density at radius 2 is 1.89 bits per heavy atom. The largest absolute Gasteiger partial charge is 0.445 e. The molecule has 2 aromatic rings. The van der Waals surface area contributed by atoms with Gasteiger partial charge in [0.2, 0.25) is 0 Å². The number of aryl methyl sites for hydroxylation is 1. The van der Waals surface area contributed by atoms with Crippen LogP contribution in [0.3, 0.4) is 0 Å². The summed E-state index contributed by atoms with van der Waals surface area (Å²) in [4.78, 5) is 22.3. The molecular formula is C19H22N2O6. The highest BCUT2D eigenvalue weighted by Gasteiger charge is 2.27. The molecule has 144 valence electrons. The maximum Gasteiger partial charge on any atom is 0.407 e. The number of nitro benzene ring substituents is 1. The van der Waals surface area contributed by atoms with Crippen molar-refractivity contribution in [3.8, 4) is 0 Å². The molecular weight excluding hydrogens is 352 g/mol. The lowest BCUT2D eigenvalue weighted by Gasteiger charge is -2.19. The average Bonchev–Trinajstić information content (AvgIpc) is 2.66. The Labute approximate surface area is 156 Å². The molecule has 0 saturated carbocycles. The van der Waals surface area contributed by atoms with E-state index in [4.69, 9.17) is 4.74 Å². The molecule has 0 aliphatic carbocycles. The number of amides is 1. The lowest BCUT2D eigenvalue weighted by atomic mass is 9.98. The fourth-order valence-corrected chi connectivity index (χ4v) is 2.63. The van der Waals surface area contributed by atoms with Crippen molar-refractivity contribution < 1.29 is 24.7 Å². The fraction of sp³-hybridized carbons (Fsp3) is 0.316. The van der Waals surface area contributed by atoms with Crippen LogP contribution in [-0.2, 0) is 11.3 Å². The summed E-state index contributed by atoms with van der Waals surface area (Å²) in [6.45, 7) is 1.73. The summed E-state index contributed by atoms with van der Waals surface area (Å²) >= 11 is 0. The Bertz CT molecular complexity index is 781. The summed E-state index contributed by atoms with van der Waals surface area (Å²) in [5, 5.41) is 34.1. The molecule has 8 nitrogen and oxygen atoms in total. The minimum absolute atomic E-state index is 0.00665. The van der Waals surface area contributed by atoms with Crippen LogP contribution in [0.1, 0.15) is 29.2 Å². The first-order chi connectivity index (χ1) is 12.9. The second kappa shape index (κ2) is 9.65. The Morgan fingerprint density at radius 1 is 1.19 bits per heavy atom. The Balaban J connectivity index is 1.83. The number of nitro groups is 1. The summed E-state index contributed by atoms with van der Waals surface area (Å²) in [6, 6.07) is 13.7. The van der Waals surface area contributed by atoms with Gasteiger partial charge in [0.25, 0.3) is 5.69 Å². The third kappa shape index (κ3) is 5.77. The van der Waals surface area contributed by atoms with Crippen LogP contribution in [0.15, 0.2) is 48.5 Å². The SMILES string of the molecule is Cc1cccc(C(O)C(O)CCNC(=O)OCc2ccccc2)c1[N+](=O)[O-]. The molecule has 27 heavy (non-hydrogen) atoms. The molecule has 3 N–H and O–H groups in total. The molecule has 2 aromatic carbocycles. The number of nitrogens with zero attached hydrogens (tertiary/aromatic N) is 1. The number of aliphatic hydroxyl groups excluding tert-OH is 2. The first-order valence-electron chi connectivity index (χ1n) is 8.44. The van der Waals surface area contributed by atoms with E-state index in [2.05, 4.69) is 5.32 Å². The summed E-state index contributed by atoms with van der Waals surface area (Å²) in [6.07, 6.45) is -3.36. The number of alkyl carbamates (subject to hydrolysis) is 1. The first-order valence-corrected chi connectivity index (χ1v) is 8.44. The third-order valence-electron chi connectivity index (χ3n) is 4.06. The summed E-state index contributed by atoms with van der Waals surface area (Å²) in [5.74, 6) is 0. The molecule has 1 amide bonds. The summed E-state index contributed by atoms with van der Waals surface area (Å²) < 4.78 is 5.04. The van der Waals surface area contributed by atoms with Crippen molar-refractivity contribution in [1.82, 2.24) is 5.32 Å². The van der Waals surface area contributed by atoms with E-state index in [0.29, 0.717) is 5.56 Å². The Kier molecular flexibility index (Phi) is 7.27. The smallest absolute Gasteiger partial charge is 0.407 e. The molecule has 0 saturated heterocycles. The van der Waals surface area contributed by atoms with E-state index in [1.165, 1.54) is 6.07 Å². The highest BCUT2D eigenvalue weighted by atomic mass is 16.6. The zero-order chi connectivity index (χ0) is 19.8.